The van der Waals surface area contributed by atoms with Gasteiger partial charge in [-0.25, -0.2) is 0 Å². The molecule has 0 aromatic heterocycles. The highest BCUT2D eigenvalue weighted by molar-refractivity contribution is 5.78. The number of hydrogen-bond donors (Lipinski definition) is 1. The molecule has 2 atom stereocenters. The number of rotatable bonds is 4. The largest absolute Gasteiger partial charge is 0.484 e. The van der Waals surface area contributed by atoms with Gasteiger partial charge in [0.05, 0.1) is 18.8 Å². The van der Waals surface area contributed by atoms with Crippen molar-refractivity contribution >= 4 is 5.91 Å². The SMILES string of the molecule is CC1COC(CN)CN1C(=O)COc1ccccc1. The third kappa shape index (κ3) is 3.68. The Balaban J connectivity index is 1.88. The fraction of sp³-hybridized carbons (Fsp3) is 0.500. The van der Waals surface area contributed by atoms with Crippen LogP contribution in [0.15, 0.2) is 30.3 Å². The molecule has 104 valence electrons. The fourth-order valence-corrected chi connectivity index (χ4v) is 2.05. The maximum absolute atomic E-state index is 12.1. The van der Waals surface area contributed by atoms with Gasteiger partial charge in [-0.2, -0.15) is 0 Å². The molecule has 2 rings (SSSR count). The second kappa shape index (κ2) is 6.54. The van der Waals surface area contributed by atoms with Gasteiger partial charge in [0.15, 0.2) is 6.61 Å². The molecule has 1 aliphatic rings. The summed E-state index contributed by atoms with van der Waals surface area (Å²) in [5.74, 6) is 0.672. The summed E-state index contributed by atoms with van der Waals surface area (Å²) < 4.78 is 11.0. The zero-order valence-electron chi connectivity index (χ0n) is 11.1. The number of carbonyl (C=O) groups excluding carboxylic acids is 1. The molecule has 19 heavy (non-hydrogen) atoms. The standard InChI is InChI=1S/C14H20N2O3/c1-11-9-18-13(7-15)8-16(11)14(17)10-19-12-5-3-2-4-6-12/h2-6,11,13H,7-10,15H2,1H3. The minimum Gasteiger partial charge on any atom is -0.484 e. The third-order valence-corrected chi connectivity index (χ3v) is 3.19. The number of nitrogens with zero attached hydrogens (tertiary/aromatic N) is 1. The number of amides is 1. The van der Waals surface area contributed by atoms with Crippen LogP contribution in [0.5, 0.6) is 5.75 Å². The summed E-state index contributed by atoms with van der Waals surface area (Å²) in [7, 11) is 0. The lowest BCUT2D eigenvalue weighted by atomic mass is 10.2. The highest BCUT2D eigenvalue weighted by Crippen LogP contribution is 2.13. The van der Waals surface area contributed by atoms with Crippen LogP contribution in [0.2, 0.25) is 0 Å². The zero-order valence-corrected chi connectivity index (χ0v) is 11.1. The first kappa shape index (κ1) is 13.8. The number of hydrogen-bond acceptors (Lipinski definition) is 4. The first-order chi connectivity index (χ1) is 9.20. The van der Waals surface area contributed by atoms with Gasteiger partial charge in [-0.3, -0.25) is 4.79 Å². The maximum atomic E-state index is 12.1. The van der Waals surface area contributed by atoms with E-state index in [1.165, 1.54) is 0 Å². The quantitative estimate of drug-likeness (QED) is 0.866. The Morgan fingerprint density at radius 2 is 2.21 bits per heavy atom. The van der Waals surface area contributed by atoms with E-state index >= 15 is 0 Å². The Morgan fingerprint density at radius 3 is 2.89 bits per heavy atom. The Labute approximate surface area is 113 Å². The molecule has 1 aromatic rings. The Kier molecular flexibility index (Phi) is 4.76. The van der Waals surface area contributed by atoms with E-state index in [0.29, 0.717) is 25.4 Å². The van der Waals surface area contributed by atoms with Gasteiger partial charge in [0, 0.05) is 13.1 Å². The summed E-state index contributed by atoms with van der Waals surface area (Å²) in [6.07, 6.45) is -0.0723. The monoisotopic (exact) mass is 264 g/mol. The van der Waals surface area contributed by atoms with E-state index in [0.717, 1.165) is 0 Å². The summed E-state index contributed by atoms with van der Waals surface area (Å²) in [6, 6.07) is 9.39. The van der Waals surface area contributed by atoms with Gasteiger partial charge in [-0.15, -0.1) is 0 Å². The lowest BCUT2D eigenvalue weighted by molar-refractivity contribution is -0.145. The van der Waals surface area contributed by atoms with Gasteiger partial charge in [0.2, 0.25) is 0 Å². The predicted octanol–water partition coefficient (Wildman–Crippen LogP) is 0.640. The highest BCUT2D eigenvalue weighted by Gasteiger charge is 2.28. The van der Waals surface area contributed by atoms with Crippen LogP contribution in [-0.4, -0.2) is 49.3 Å². The normalized spacial score (nSPS) is 23.2. The average molecular weight is 264 g/mol. The minimum atomic E-state index is -0.0723. The second-order valence-electron chi connectivity index (χ2n) is 4.69. The number of morpholine rings is 1. The third-order valence-electron chi connectivity index (χ3n) is 3.19. The van der Waals surface area contributed by atoms with Gasteiger partial charge < -0.3 is 20.1 Å². The van der Waals surface area contributed by atoms with E-state index in [-0.39, 0.29) is 24.7 Å². The molecule has 5 nitrogen and oxygen atoms in total. The summed E-state index contributed by atoms with van der Waals surface area (Å²) in [4.78, 5) is 13.9. The molecule has 1 aromatic carbocycles. The Hall–Kier alpha value is -1.59. The van der Waals surface area contributed by atoms with Gasteiger partial charge in [0.1, 0.15) is 5.75 Å². The second-order valence-corrected chi connectivity index (χ2v) is 4.69. The molecule has 0 saturated carbocycles. The molecular weight excluding hydrogens is 244 g/mol. The molecule has 1 amide bonds. The van der Waals surface area contributed by atoms with E-state index < -0.39 is 0 Å². The fourth-order valence-electron chi connectivity index (χ4n) is 2.05. The van der Waals surface area contributed by atoms with Crippen LogP contribution in [0, 0.1) is 0 Å². The van der Waals surface area contributed by atoms with E-state index in [2.05, 4.69) is 0 Å². The van der Waals surface area contributed by atoms with Gasteiger partial charge in [-0.1, -0.05) is 18.2 Å². The smallest absolute Gasteiger partial charge is 0.260 e. The lowest BCUT2D eigenvalue weighted by Gasteiger charge is -2.37. The zero-order chi connectivity index (χ0) is 13.7. The van der Waals surface area contributed by atoms with Gasteiger partial charge >= 0.3 is 0 Å². The molecule has 0 spiro atoms. The number of para-hydroxylation sites is 1. The van der Waals surface area contributed by atoms with E-state index in [9.17, 15) is 4.79 Å². The van der Waals surface area contributed by atoms with Crippen LogP contribution in [0.1, 0.15) is 6.92 Å². The summed E-state index contributed by atoms with van der Waals surface area (Å²) >= 11 is 0. The first-order valence-electron chi connectivity index (χ1n) is 6.49. The topological polar surface area (TPSA) is 64.8 Å². The molecule has 1 saturated heterocycles. The van der Waals surface area contributed by atoms with Crippen molar-refractivity contribution in [3.63, 3.8) is 0 Å². The summed E-state index contributed by atoms with van der Waals surface area (Å²) in [6.45, 7) is 3.50. The highest BCUT2D eigenvalue weighted by atomic mass is 16.5. The van der Waals surface area contributed by atoms with Crippen molar-refractivity contribution < 1.29 is 14.3 Å². The molecule has 1 aliphatic heterocycles. The van der Waals surface area contributed by atoms with Crippen molar-refractivity contribution in [1.82, 2.24) is 4.90 Å². The van der Waals surface area contributed by atoms with Crippen LogP contribution in [-0.2, 0) is 9.53 Å². The Bertz CT molecular complexity index is 410. The lowest BCUT2D eigenvalue weighted by Crippen LogP contribution is -2.54. The molecule has 0 aliphatic carbocycles. The van der Waals surface area contributed by atoms with E-state index in [1.807, 2.05) is 37.3 Å². The minimum absolute atomic E-state index is 0.0295. The van der Waals surface area contributed by atoms with Gasteiger partial charge in [-0.05, 0) is 19.1 Å². The molecule has 2 N–H and O–H groups in total. The Morgan fingerprint density at radius 1 is 1.47 bits per heavy atom. The van der Waals surface area contributed by atoms with E-state index in [1.54, 1.807) is 4.90 Å². The first-order valence-corrected chi connectivity index (χ1v) is 6.49. The summed E-state index contributed by atoms with van der Waals surface area (Å²) in [5, 5.41) is 0. The molecular formula is C14H20N2O3. The molecule has 0 radical (unpaired) electrons. The molecule has 1 heterocycles. The van der Waals surface area contributed by atoms with Crippen molar-refractivity contribution in [3.8, 4) is 5.75 Å². The van der Waals surface area contributed by atoms with Crippen molar-refractivity contribution in [2.75, 3.05) is 26.3 Å². The van der Waals surface area contributed by atoms with Crippen LogP contribution >= 0.6 is 0 Å². The van der Waals surface area contributed by atoms with Crippen LogP contribution in [0.3, 0.4) is 0 Å². The number of ether oxygens (including phenoxy) is 2. The number of carbonyl (C=O) groups is 1. The van der Waals surface area contributed by atoms with E-state index in [4.69, 9.17) is 15.2 Å². The molecule has 0 bridgehead atoms. The molecule has 1 fully saturated rings. The van der Waals surface area contributed by atoms with Crippen LogP contribution in [0.25, 0.3) is 0 Å². The van der Waals surface area contributed by atoms with Crippen molar-refractivity contribution in [3.05, 3.63) is 30.3 Å². The van der Waals surface area contributed by atoms with Crippen LogP contribution < -0.4 is 10.5 Å². The molecule has 5 heteroatoms. The summed E-state index contributed by atoms with van der Waals surface area (Å²) in [5.41, 5.74) is 5.58. The molecule has 2 unspecified atom stereocenters. The predicted molar refractivity (Wildman–Crippen MR) is 71.9 cm³/mol. The van der Waals surface area contributed by atoms with Crippen molar-refractivity contribution in [2.24, 2.45) is 5.73 Å². The number of benzene rings is 1. The average Bonchev–Trinajstić information content (AvgIpc) is 2.46. The van der Waals surface area contributed by atoms with Crippen molar-refractivity contribution in [1.29, 1.82) is 0 Å². The maximum Gasteiger partial charge on any atom is 0.260 e. The van der Waals surface area contributed by atoms with Crippen molar-refractivity contribution in [2.45, 2.75) is 19.1 Å². The number of nitrogens with two attached hydrogens (primary N) is 1. The van der Waals surface area contributed by atoms with Crippen LogP contribution in [0.4, 0.5) is 0 Å². The van der Waals surface area contributed by atoms with Gasteiger partial charge in [0.25, 0.3) is 5.91 Å².